The second-order valence-corrected chi connectivity index (χ2v) is 3.60. The van der Waals surface area contributed by atoms with Gasteiger partial charge in [-0.3, -0.25) is 4.98 Å². The average molecular weight is 230 g/mol. The van der Waals surface area contributed by atoms with E-state index in [4.69, 9.17) is 10.5 Å². The average Bonchev–Trinajstić information content (AvgIpc) is 2.39. The summed E-state index contributed by atoms with van der Waals surface area (Å²) in [5.41, 5.74) is 7.83. The van der Waals surface area contributed by atoms with Crippen molar-refractivity contribution >= 4 is 0 Å². The Labute approximate surface area is 99.7 Å². The van der Waals surface area contributed by atoms with E-state index in [0.29, 0.717) is 5.56 Å². The minimum atomic E-state index is 0.117. The van der Waals surface area contributed by atoms with Crippen LogP contribution in [0, 0.1) is 0 Å². The normalized spacial score (nSPS) is 10.2. The number of hydrogen-bond acceptors (Lipinski definition) is 4. The van der Waals surface area contributed by atoms with E-state index in [-0.39, 0.29) is 12.3 Å². The molecule has 0 atom stereocenters. The lowest BCUT2D eigenvalue weighted by atomic mass is 10.1. The van der Waals surface area contributed by atoms with E-state index in [1.807, 2.05) is 24.3 Å². The summed E-state index contributed by atoms with van der Waals surface area (Å²) in [4.78, 5) is 4.18. The summed E-state index contributed by atoms with van der Waals surface area (Å²) in [5, 5.41) is 9.53. The molecule has 0 aliphatic rings. The van der Waals surface area contributed by atoms with Gasteiger partial charge in [0.25, 0.3) is 0 Å². The molecule has 1 aromatic carbocycles. The van der Waals surface area contributed by atoms with Gasteiger partial charge in [0, 0.05) is 17.7 Å². The van der Waals surface area contributed by atoms with Crippen LogP contribution in [0.4, 0.5) is 0 Å². The molecule has 0 spiro atoms. The molecule has 1 heterocycles. The van der Waals surface area contributed by atoms with Gasteiger partial charge in [-0.2, -0.15) is 0 Å². The fourth-order valence-electron chi connectivity index (χ4n) is 1.66. The highest BCUT2D eigenvalue weighted by molar-refractivity contribution is 5.68. The van der Waals surface area contributed by atoms with E-state index in [1.54, 1.807) is 13.2 Å². The van der Waals surface area contributed by atoms with Gasteiger partial charge in [-0.25, -0.2) is 0 Å². The van der Waals surface area contributed by atoms with Gasteiger partial charge in [0.05, 0.1) is 19.0 Å². The number of para-hydroxylation sites is 1. The molecule has 2 rings (SSSR count). The van der Waals surface area contributed by atoms with Crippen molar-refractivity contribution in [2.45, 2.75) is 6.54 Å². The van der Waals surface area contributed by atoms with Crippen molar-refractivity contribution in [3.05, 3.63) is 42.1 Å². The first-order chi connectivity index (χ1) is 8.26. The number of ether oxygens (including phenoxy) is 1. The van der Waals surface area contributed by atoms with Gasteiger partial charge in [-0.15, -0.1) is 0 Å². The Bertz CT molecular complexity index is 527. The van der Waals surface area contributed by atoms with Crippen LogP contribution in [0.25, 0.3) is 11.3 Å². The SMILES string of the molecule is COc1ccccc1-c1cc(CN)c(O)cn1. The summed E-state index contributed by atoms with van der Waals surface area (Å²) in [6.45, 7) is 0.274. The van der Waals surface area contributed by atoms with Gasteiger partial charge >= 0.3 is 0 Å². The predicted octanol–water partition coefficient (Wildman–Crippen LogP) is 1.92. The van der Waals surface area contributed by atoms with Crippen molar-refractivity contribution in [3.63, 3.8) is 0 Å². The Hall–Kier alpha value is -2.07. The largest absolute Gasteiger partial charge is 0.506 e. The zero-order valence-electron chi connectivity index (χ0n) is 9.55. The number of nitrogens with zero attached hydrogens (tertiary/aromatic N) is 1. The summed E-state index contributed by atoms with van der Waals surface area (Å²) >= 11 is 0. The number of rotatable bonds is 3. The predicted molar refractivity (Wildman–Crippen MR) is 65.8 cm³/mol. The zero-order chi connectivity index (χ0) is 12.3. The highest BCUT2D eigenvalue weighted by Gasteiger charge is 2.08. The summed E-state index contributed by atoms with van der Waals surface area (Å²) in [5.74, 6) is 0.861. The van der Waals surface area contributed by atoms with Crippen molar-refractivity contribution in [1.82, 2.24) is 4.98 Å². The molecule has 0 saturated heterocycles. The number of aromatic hydroxyl groups is 1. The molecule has 17 heavy (non-hydrogen) atoms. The topological polar surface area (TPSA) is 68.4 Å². The fraction of sp³-hybridized carbons (Fsp3) is 0.154. The van der Waals surface area contributed by atoms with E-state index in [2.05, 4.69) is 4.98 Å². The molecule has 4 heteroatoms. The van der Waals surface area contributed by atoms with Crippen LogP contribution in [-0.4, -0.2) is 17.2 Å². The maximum Gasteiger partial charge on any atom is 0.138 e. The number of aromatic nitrogens is 1. The molecule has 0 radical (unpaired) electrons. The van der Waals surface area contributed by atoms with Gasteiger partial charge in [-0.1, -0.05) is 12.1 Å². The van der Waals surface area contributed by atoms with Gasteiger partial charge in [0.2, 0.25) is 0 Å². The molecule has 0 aliphatic carbocycles. The fourth-order valence-corrected chi connectivity index (χ4v) is 1.66. The first kappa shape index (κ1) is 11.4. The molecule has 88 valence electrons. The summed E-state index contributed by atoms with van der Waals surface area (Å²) in [6, 6.07) is 9.36. The molecular formula is C13H14N2O2. The van der Waals surface area contributed by atoms with Gasteiger partial charge in [0.15, 0.2) is 0 Å². The molecule has 3 N–H and O–H groups in total. The molecule has 0 amide bonds. The van der Waals surface area contributed by atoms with Crippen LogP contribution in [0.3, 0.4) is 0 Å². The Morgan fingerprint density at radius 3 is 2.82 bits per heavy atom. The number of pyridine rings is 1. The van der Waals surface area contributed by atoms with Crippen LogP contribution in [0.1, 0.15) is 5.56 Å². The molecule has 2 aromatic rings. The molecular weight excluding hydrogens is 216 g/mol. The smallest absolute Gasteiger partial charge is 0.138 e. The first-order valence-corrected chi connectivity index (χ1v) is 5.27. The van der Waals surface area contributed by atoms with Crippen LogP contribution in [0.5, 0.6) is 11.5 Å². The van der Waals surface area contributed by atoms with Gasteiger partial charge in [-0.05, 0) is 18.2 Å². The van der Waals surface area contributed by atoms with E-state index < -0.39 is 0 Å². The second kappa shape index (κ2) is 4.84. The standard InChI is InChI=1S/C13H14N2O2/c1-17-13-5-3-2-4-10(13)11-6-9(7-14)12(16)8-15-11/h2-6,8,16H,7,14H2,1H3. The molecule has 4 nitrogen and oxygen atoms in total. The highest BCUT2D eigenvalue weighted by Crippen LogP contribution is 2.30. The van der Waals surface area contributed by atoms with Crippen LogP contribution in [0.2, 0.25) is 0 Å². The van der Waals surface area contributed by atoms with Gasteiger partial charge in [0.1, 0.15) is 11.5 Å². The zero-order valence-corrected chi connectivity index (χ0v) is 9.55. The molecule has 0 aliphatic heterocycles. The Balaban J connectivity index is 2.53. The van der Waals surface area contributed by atoms with E-state index >= 15 is 0 Å². The number of benzene rings is 1. The van der Waals surface area contributed by atoms with E-state index in [1.165, 1.54) is 6.20 Å². The molecule has 0 bridgehead atoms. The Morgan fingerprint density at radius 2 is 2.12 bits per heavy atom. The van der Waals surface area contributed by atoms with Gasteiger partial charge < -0.3 is 15.6 Å². The molecule has 0 unspecified atom stereocenters. The lowest BCUT2D eigenvalue weighted by Gasteiger charge is -2.09. The lowest BCUT2D eigenvalue weighted by Crippen LogP contribution is -1.98. The van der Waals surface area contributed by atoms with E-state index in [9.17, 15) is 5.11 Å². The third-order valence-electron chi connectivity index (χ3n) is 2.57. The number of nitrogens with two attached hydrogens (primary N) is 1. The van der Waals surface area contributed by atoms with Crippen molar-refractivity contribution in [2.24, 2.45) is 5.73 Å². The quantitative estimate of drug-likeness (QED) is 0.845. The number of hydrogen-bond donors (Lipinski definition) is 2. The minimum absolute atomic E-state index is 0.117. The van der Waals surface area contributed by atoms with Crippen LogP contribution in [-0.2, 0) is 6.54 Å². The monoisotopic (exact) mass is 230 g/mol. The Kier molecular flexibility index (Phi) is 3.25. The molecule has 1 aromatic heterocycles. The first-order valence-electron chi connectivity index (χ1n) is 5.27. The maximum absolute atomic E-state index is 9.53. The molecule has 0 fully saturated rings. The van der Waals surface area contributed by atoms with Crippen molar-refractivity contribution in [3.8, 4) is 22.8 Å². The Morgan fingerprint density at radius 1 is 1.35 bits per heavy atom. The van der Waals surface area contributed by atoms with Crippen molar-refractivity contribution in [2.75, 3.05) is 7.11 Å². The highest BCUT2D eigenvalue weighted by atomic mass is 16.5. The van der Waals surface area contributed by atoms with Crippen LogP contribution in [0.15, 0.2) is 36.5 Å². The third kappa shape index (κ3) is 2.21. The van der Waals surface area contributed by atoms with Crippen molar-refractivity contribution < 1.29 is 9.84 Å². The summed E-state index contributed by atoms with van der Waals surface area (Å²) in [6.07, 6.45) is 1.41. The summed E-state index contributed by atoms with van der Waals surface area (Å²) < 4.78 is 5.27. The van der Waals surface area contributed by atoms with Crippen LogP contribution < -0.4 is 10.5 Å². The number of methoxy groups -OCH3 is 1. The second-order valence-electron chi connectivity index (χ2n) is 3.60. The molecule has 0 saturated carbocycles. The minimum Gasteiger partial charge on any atom is -0.506 e. The van der Waals surface area contributed by atoms with Crippen LogP contribution >= 0.6 is 0 Å². The third-order valence-corrected chi connectivity index (χ3v) is 2.57. The summed E-state index contributed by atoms with van der Waals surface area (Å²) in [7, 11) is 1.61. The maximum atomic E-state index is 9.53. The lowest BCUT2D eigenvalue weighted by molar-refractivity contribution is 0.416. The van der Waals surface area contributed by atoms with Crippen molar-refractivity contribution in [1.29, 1.82) is 0 Å². The van der Waals surface area contributed by atoms with E-state index in [0.717, 1.165) is 17.0 Å².